The molecule has 6 nitrogen and oxygen atoms in total. The standard InChI is InChI=1S/C22H26N4O2/c1-3-24-16-17(20-8-5-9-23-22(20)24)14-21(27)26-12-10-25(11-13-26)18-6-4-7-19(15-18)28-2/h4-9,15-16H,3,10-14H2,1-2H3. The van der Waals surface area contributed by atoms with E-state index < -0.39 is 0 Å². The number of carbonyl (C=O) groups is 1. The summed E-state index contributed by atoms with van der Waals surface area (Å²) in [7, 11) is 1.68. The molecule has 1 aliphatic rings. The zero-order valence-electron chi connectivity index (χ0n) is 16.5. The molecule has 146 valence electrons. The lowest BCUT2D eigenvalue weighted by atomic mass is 10.1. The van der Waals surface area contributed by atoms with E-state index in [0.717, 1.165) is 60.8 Å². The minimum Gasteiger partial charge on any atom is -0.497 e. The first-order valence-electron chi connectivity index (χ1n) is 9.79. The van der Waals surface area contributed by atoms with Gasteiger partial charge in [-0.05, 0) is 36.8 Å². The number of carbonyl (C=O) groups excluding carboxylic acids is 1. The number of nitrogens with zero attached hydrogens (tertiary/aromatic N) is 4. The number of anilines is 1. The van der Waals surface area contributed by atoms with E-state index >= 15 is 0 Å². The van der Waals surface area contributed by atoms with E-state index in [-0.39, 0.29) is 5.91 Å². The maximum atomic E-state index is 12.9. The van der Waals surface area contributed by atoms with Gasteiger partial charge in [0.1, 0.15) is 11.4 Å². The van der Waals surface area contributed by atoms with Gasteiger partial charge in [-0.15, -0.1) is 0 Å². The Kier molecular flexibility index (Phi) is 5.19. The summed E-state index contributed by atoms with van der Waals surface area (Å²) in [6.45, 7) is 6.08. The van der Waals surface area contributed by atoms with E-state index in [1.54, 1.807) is 13.3 Å². The molecule has 0 bridgehead atoms. The maximum absolute atomic E-state index is 12.9. The molecule has 0 unspecified atom stereocenters. The lowest BCUT2D eigenvalue weighted by Gasteiger charge is -2.36. The molecule has 1 amide bonds. The first-order chi connectivity index (χ1) is 13.7. The highest BCUT2D eigenvalue weighted by molar-refractivity contribution is 5.87. The van der Waals surface area contributed by atoms with Crippen LogP contribution in [-0.2, 0) is 17.8 Å². The van der Waals surface area contributed by atoms with Gasteiger partial charge in [-0.1, -0.05) is 6.07 Å². The van der Waals surface area contributed by atoms with Crippen molar-refractivity contribution in [2.75, 3.05) is 38.2 Å². The van der Waals surface area contributed by atoms with Crippen molar-refractivity contribution < 1.29 is 9.53 Å². The van der Waals surface area contributed by atoms with E-state index in [0.29, 0.717) is 6.42 Å². The van der Waals surface area contributed by atoms with Crippen LogP contribution >= 0.6 is 0 Å². The molecule has 0 saturated carbocycles. The predicted molar refractivity (Wildman–Crippen MR) is 111 cm³/mol. The lowest BCUT2D eigenvalue weighted by Crippen LogP contribution is -2.49. The Morgan fingerprint density at radius 3 is 2.71 bits per heavy atom. The molecule has 28 heavy (non-hydrogen) atoms. The number of benzene rings is 1. The minimum absolute atomic E-state index is 0.185. The molecule has 3 heterocycles. The average molecular weight is 378 g/mol. The number of aryl methyl sites for hydroxylation is 1. The van der Waals surface area contributed by atoms with Crippen LogP contribution in [0.2, 0.25) is 0 Å². The molecule has 0 spiro atoms. The number of fused-ring (bicyclic) bond motifs is 1. The van der Waals surface area contributed by atoms with Crippen LogP contribution in [0.25, 0.3) is 11.0 Å². The van der Waals surface area contributed by atoms with E-state index in [1.807, 2.05) is 29.2 Å². The van der Waals surface area contributed by atoms with E-state index in [1.165, 1.54) is 0 Å². The van der Waals surface area contributed by atoms with Crippen molar-refractivity contribution in [1.29, 1.82) is 0 Å². The number of hydrogen-bond donors (Lipinski definition) is 0. The summed E-state index contributed by atoms with van der Waals surface area (Å²) in [5.74, 6) is 1.04. The lowest BCUT2D eigenvalue weighted by molar-refractivity contribution is -0.130. The van der Waals surface area contributed by atoms with Crippen molar-refractivity contribution in [2.24, 2.45) is 0 Å². The van der Waals surface area contributed by atoms with Gasteiger partial charge in [-0.25, -0.2) is 4.98 Å². The zero-order valence-corrected chi connectivity index (χ0v) is 16.5. The van der Waals surface area contributed by atoms with Crippen LogP contribution in [0.15, 0.2) is 48.8 Å². The van der Waals surface area contributed by atoms with Crippen molar-refractivity contribution in [3.8, 4) is 5.75 Å². The molecule has 0 radical (unpaired) electrons. The van der Waals surface area contributed by atoms with Gasteiger partial charge >= 0.3 is 0 Å². The molecule has 4 rings (SSSR count). The number of methoxy groups -OCH3 is 1. The Balaban J connectivity index is 1.42. The fourth-order valence-electron chi connectivity index (χ4n) is 3.87. The van der Waals surface area contributed by atoms with Crippen molar-refractivity contribution >= 4 is 22.6 Å². The Morgan fingerprint density at radius 1 is 1.14 bits per heavy atom. The highest BCUT2D eigenvalue weighted by Gasteiger charge is 2.23. The van der Waals surface area contributed by atoms with Crippen LogP contribution in [0.3, 0.4) is 0 Å². The van der Waals surface area contributed by atoms with Gasteiger partial charge in [0.25, 0.3) is 0 Å². The van der Waals surface area contributed by atoms with Gasteiger partial charge in [0.05, 0.1) is 13.5 Å². The fraction of sp³-hybridized carbons (Fsp3) is 0.364. The van der Waals surface area contributed by atoms with Crippen LogP contribution in [0.1, 0.15) is 12.5 Å². The monoisotopic (exact) mass is 378 g/mol. The number of piperazine rings is 1. The maximum Gasteiger partial charge on any atom is 0.227 e. The normalized spacial score (nSPS) is 14.5. The minimum atomic E-state index is 0.185. The number of ether oxygens (including phenoxy) is 1. The molecule has 0 N–H and O–H groups in total. The summed E-state index contributed by atoms with van der Waals surface area (Å²) >= 11 is 0. The Hall–Kier alpha value is -3.02. The third-order valence-corrected chi connectivity index (χ3v) is 5.45. The smallest absolute Gasteiger partial charge is 0.227 e. The molecule has 1 aromatic carbocycles. The number of aromatic nitrogens is 2. The van der Waals surface area contributed by atoms with Gasteiger partial charge in [-0.3, -0.25) is 4.79 Å². The van der Waals surface area contributed by atoms with Crippen LogP contribution in [0.4, 0.5) is 5.69 Å². The van der Waals surface area contributed by atoms with Gasteiger partial charge in [0.2, 0.25) is 5.91 Å². The molecule has 0 atom stereocenters. The van der Waals surface area contributed by atoms with Crippen LogP contribution in [-0.4, -0.2) is 53.6 Å². The Morgan fingerprint density at radius 2 is 1.96 bits per heavy atom. The molecule has 6 heteroatoms. The predicted octanol–water partition coefficient (Wildman–Crippen LogP) is 2.96. The van der Waals surface area contributed by atoms with Crippen LogP contribution in [0, 0.1) is 0 Å². The second kappa shape index (κ2) is 7.92. The largest absolute Gasteiger partial charge is 0.497 e. The van der Waals surface area contributed by atoms with Crippen LogP contribution in [0.5, 0.6) is 5.75 Å². The Labute approximate surface area is 165 Å². The van der Waals surface area contributed by atoms with Gasteiger partial charge < -0.3 is 19.1 Å². The second-order valence-electron chi connectivity index (χ2n) is 7.06. The van der Waals surface area contributed by atoms with Gasteiger partial charge in [-0.2, -0.15) is 0 Å². The molecule has 3 aromatic rings. The molecular formula is C22H26N4O2. The quantitative estimate of drug-likeness (QED) is 0.685. The summed E-state index contributed by atoms with van der Waals surface area (Å²) in [6.07, 6.45) is 4.30. The number of amides is 1. The average Bonchev–Trinajstić information content (AvgIpc) is 3.11. The first kappa shape index (κ1) is 18.3. The van der Waals surface area contributed by atoms with Gasteiger partial charge in [0, 0.05) is 62.3 Å². The van der Waals surface area contributed by atoms with Crippen molar-refractivity contribution in [3.05, 3.63) is 54.4 Å². The van der Waals surface area contributed by atoms with Crippen molar-refractivity contribution in [1.82, 2.24) is 14.5 Å². The number of hydrogen-bond acceptors (Lipinski definition) is 4. The van der Waals surface area contributed by atoms with E-state index in [9.17, 15) is 4.79 Å². The second-order valence-corrected chi connectivity index (χ2v) is 7.06. The van der Waals surface area contributed by atoms with Crippen LogP contribution < -0.4 is 9.64 Å². The van der Waals surface area contributed by atoms with E-state index in [2.05, 4.69) is 39.7 Å². The summed E-state index contributed by atoms with van der Waals surface area (Å²) in [6, 6.07) is 12.1. The number of rotatable bonds is 5. The Bertz CT molecular complexity index is 974. The van der Waals surface area contributed by atoms with E-state index in [4.69, 9.17) is 4.74 Å². The SMILES string of the molecule is CCn1cc(CC(=O)N2CCN(c3cccc(OC)c3)CC2)c2cccnc21. The third-order valence-electron chi connectivity index (χ3n) is 5.45. The topological polar surface area (TPSA) is 50.6 Å². The molecular weight excluding hydrogens is 352 g/mol. The van der Waals surface area contributed by atoms with Crippen molar-refractivity contribution in [3.63, 3.8) is 0 Å². The fourth-order valence-corrected chi connectivity index (χ4v) is 3.87. The molecule has 1 fully saturated rings. The molecule has 1 saturated heterocycles. The van der Waals surface area contributed by atoms with Gasteiger partial charge in [0.15, 0.2) is 0 Å². The molecule has 0 aliphatic carbocycles. The highest BCUT2D eigenvalue weighted by Crippen LogP contribution is 2.23. The first-order valence-corrected chi connectivity index (χ1v) is 9.79. The summed E-state index contributed by atoms with van der Waals surface area (Å²) in [4.78, 5) is 21.7. The summed E-state index contributed by atoms with van der Waals surface area (Å²) in [5.41, 5.74) is 3.16. The highest BCUT2D eigenvalue weighted by atomic mass is 16.5. The third kappa shape index (κ3) is 3.54. The number of pyridine rings is 1. The van der Waals surface area contributed by atoms with Crippen molar-refractivity contribution in [2.45, 2.75) is 19.9 Å². The summed E-state index contributed by atoms with van der Waals surface area (Å²) < 4.78 is 7.43. The molecule has 2 aromatic heterocycles. The zero-order chi connectivity index (χ0) is 19.5. The molecule has 1 aliphatic heterocycles. The summed E-state index contributed by atoms with van der Waals surface area (Å²) in [5, 5.41) is 1.08.